The predicted octanol–water partition coefficient (Wildman–Crippen LogP) is 6.10. The van der Waals surface area contributed by atoms with Crippen molar-refractivity contribution in [1.82, 2.24) is 9.78 Å². The molecule has 8 nitrogen and oxygen atoms in total. The zero-order valence-corrected chi connectivity index (χ0v) is 21.8. The second kappa shape index (κ2) is 11.0. The SMILES string of the molecule is CCOC(=O)c1c2c(nn1-c1ccc(Oc3ccccc3)cc1Cl)C(=O)CCN2Cc1ccc(OC)cc1. The molecule has 0 bridgehead atoms. The average molecular weight is 532 g/mol. The third-order valence-electron chi connectivity index (χ3n) is 6.18. The largest absolute Gasteiger partial charge is 0.497 e. The Balaban J connectivity index is 1.56. The van der Waals surface area contributed by atoms with E-state index in [9.17, 15) is 9.59 Å². The molecular weight excluding hydrogens is 506 g/mol. The molecule has 4 aromatic rings. The number of hydrogen-bond acceptors (Lipinski definition) is 7. The van der Waals surface area contributed by atoms with Gasteiger partial charge in [0.25, 0.3) is 0 Å². The fourth-order valence-corrected chi connectivity index (χ4v) is 4.63. The monoisotopic (exact) mass is 531 g/mol. The van der Waals surface area contributed by atoms with Crippen molar-refractivity contribution in [3.05, 3.63) is 94.8 Å². The molecule has 0 unspecified atom stereocenters. The summed E-state index contributed by atoms with van der Waals surface area (Å²) in [6, 6.07) is 22.1. The molecule has 1 aliphatic rings. The van der Waals surface area contributed by atoms with Gasteiger partial charge < -0.3 is 19.1 Å². The number of aromatic nitrogens is 2. The number of para-hydroxylation sites is 1. The predicted molar refractivity (Wildman–Crippen MR) is 144 cm³/mol. The Hall–Kier alpha value is -4.30. The number of Topliss-reactive ketones (excluding diaryl/α,β-unsaturated/α-hetero) is 1. The molecule has 38 heavy (non-hydrogen) atoms. The lowest BCUT2D eigenvalue weighted by molar-refractivity contribution is 0.0516. The summed E-state index contributed by atoms with van der Waals surface area (Å²) in [5.41, 5.74) is 2.24. The number of nitrogens with zero attached hydrogens (tertiary/aromatic N) is 3. The maximum Gasteiger partial charge on any atom is 0.359 e. The standard InChI is InChI=1S/C29H26ClN3O5/c1-3-37-29(35)28-27-26(25(34)15-16-32(27)18-19-9-11-20(36-2)12-10-19)31-33(28)24-14-13-22(17-23(24)30)38-21-7-5-4-6-8-21/h4-14,17H,3,15-16,18H2,1-2H3. The first kappa shape index (κ1) is 25.4. The van der Waals surface area contributed by atoms with E-state index in [0.717, 1.165) is 11.3 Å². The second-order valence-electron chi connectivity index (χ2n) is 8.65. The highest BCUT2D eigenvalue weighted by atomic mass is 35.5. The summed E-state index contributed by atoms with van der Waals surface area (Å²) in [7, 11) is 1.61. The molecule has 5 rings (SSSR count). The molecule has 3 aromatic carbocycles. The number of halogens is 1. The number of hydrogen-bond donors (Lipinski definition) is 0. The molecule has 1 aliphatic heterocycles. The molecule has 0 atom stereocenters. The quantitative estimate of drug-likeness (QED) is 0.254. The normalized spacial score (nSPS) is 12.7. The number of esters is 1. The first-order chi connectivity index (χ1) is 18.5. The average Bonchev–Trinajstić information content (AvgIpc) is 3.33. The summed E-state index contributed by atoms with van der Waals surface area (Å²) in [6.45, 7) is 2.81. The number of carbonyl (C=O) groups is 2. The van der Waals surface area contributed by atoms with Crippen LogP contribution in [0.1, 0.15) is 39.9 Å². The van der Waals surface area contributed by atoms with Gasteiger partial charge in [0.15, 0.2) is 17.2 Å². The Labute approximate surface area is 225 Å². The number of carbonyl (C=O) groups excluding carboxylic acids is 2. The zero-order valence-electron chi connectivity index (χ0n) is 21.0. The van der Waals surface area contributed by atoms with Crippen molar-refractivity contribution in [1.29, 1.82) is 0 Å². The minimum atomic E-state index is -0.587. The van der Waals surface area contributed by atoms with Crippen LogP contribution >= 0.6 is 11.6 Å². The topological polar surface area (TPSA) is 82.9 Å². The van der Waals surface area contributed by atoms with E-state index in [0.29, 0.717) is 41.0 Å². The van der Waals surface area contributed by atoms with Crippen LogP contribution in [0.5, 0.6) is 17.2 Å². The van der Waals surface area contributed by atoms with E-state index >= 15 is 0 Å². The summed E-state index contributed by atoms with van der Waals surface area (Å²) in [4.78, 5) is 28.2. The van der Waals surface area contributed by atoms with Crippen molar-refractivity contribution < 1.29 is 23.8 Å². The van der Waals surface area contributed by atoms with Crippen LogP contribution in [0.4, 0.5) is 5.69 Å². The van der Waals surface area contributed by atoms with E-state index in [4.69, 9.17) is 25.8 Å². The Kier molecular flexibility index (Phi) is 7.33. The van der Waals surface area contributed by atoms with E-state index in [1.54, 1.807) is 32.2 Å². The summed E-state index contributed by atoms with van der Waals surface area (Å²) >= 11 is 6.68. The molecule has 0 saturated heterocycles. The zero-order chi connectivity index (χ0) is 26.6. The molecule has 0 saturated carbocycles. The number of rotatable bonds is 8. The summed E-state index contributed by atoms with van der Waals surface area (Å²) < 4.78 is 17.9. The van der Waals surface area contributed by atoms with Gasteiger partial charge in [-0.3, -0.25) is 4.79 Å². The Morgan fingerprint density at radius 3 is 2.42 bits per heavy atom. The first-order valence-corrected chi connectivity index (χ1v) is 12.6. The lowest BCUT2D eigenvalue weighted by Crippen LogP contribution is -2.32. The lowest BCUT2D eigenvalue weighted by atomic mass is 10.0. The van der Waals surface area contributed by atoms with Crippen LogP contribution < -0.4 is 14.4 Å². The number of ketones is 1. The van der Waals surface area contributed by atoms with Crippen molar-refractivity contribution in [2.45, 2.75) is 19.9 Å². The Morgan fingerprint density at radius 1 is 1.00 bits per heavy atom. The smallest absolute Gasteiger partial charge is 0.359 e. The van der Waals surface area contributed by atoms with Gasteiger partial charge in [-0.2, -0.15) is 5.10 Å². The number of methoxy groups -OCH3 is 1. The molecule has 0 spiro atoms. The van der Waals surface area contributed by atoms with Gasteiger partial charge >= 0.3 is 5.97 Å². The van der Waals surface area contributed by atoms with E-state index in [2.05, 4.69) is 5.10 Å². The molecule has 0 N–H and O–H groups in total. The van der Waals surface area contributed by atoms with Gasteiger partial charge in [0.2, 0.25) is 0 Å². The third kappa shape index (κ3) is 5.08. The molecule has 2 heterocycles. The number of ether oxygens (including phenoxy) is 3. The van der Waals surface area contributed by atoms with Gasteiger partial charge in [0, 0.05) is 25.6 Å². The number of benzene rings is 3. The van der Waals surface area contributed by atoms with Gasteiger partial charge in [0.1, 0.15) is 22.9 Å². The van der Waals surface area contributed by atoms with E-state index in [1.165, 1.54) is 4.68 Å². The van der Waals surface area contributed by atoms with Gasteiger partial charge in [-0.05, 0) is 48.9 Å². The molecule has 0 radical (unpaired) electrons. The molecule has 0 amide bonds. The van der Waals surface area contributed by atoms with Crippen molar-refractivity contribution in [2.24, 2.45) is 0 Å². The molecule has 9 heteroatoms. The number of fused-ring (bicyclic) bond motifs is 1. The Morgan fingerprint density at radius 2 is 1.74 bits per heavy atom. The van der Waals surface area contributed by atoms with E-state index in [-0.39, 0.29) is 30.2 Å². The van der Waals surface area contributed by atoms with Crippen LogP contribution in [0.3, 0.4) is 0 Å². The summed E-state index contributed by atoms with van der Waals surface area (Å²) in [5, 5.41) is 4.88. The van der Waals surface area contributed by atoms with Crippen LogP contribution in [0.2, 0.25) is 5.02 Å². The van der Waals surface area contributed by atoms with Crippen LogP contribution in [-0.4, -0.2) is 41.8 Å². The van der Waals surface area contributed by atoms with Gasteiger partial charge in [-0.15, -0.1) is 0 Å². The lowest BCUT2D eigenvalue weighted by Gasteiger charge is -2.28. The van der Waals surface area contributed by atoms with Crippen LogP contribution in [0.15, 0.2) is 72.8 Å². The second-order valence-corrected chi connectivity index (χ2v) is 9.06. The third-order valence-corrected chi connectivity index (χ3v) is 6.48. The van der Waals surface area contributed by atoms with Gasteiger partial charge in [-0.25, -0.2) is 9.48 Å². The molecule has 194 valence electrons. The molecule has 0 fully saturated rings. The molecule has 1 aromatic heterocycles. The minimum absolute atomic E-state index is 0.143. The van der Waals surface area contributed by atoms with Crippen molar-refractivity contribution in [2.75, 3.05) is 25.2 Å². The molecule has 0 aliphatic carbocycles. The Bertz CT molecular complexity index is 1470. The van der Waals surface area contributed by atoms with Gasteiger partial charge in [0.05, 0.1) is 24.4 Å². The maximum absolute atomic E-state index is 13.3. The highest BCUT2D eigenvalue weighted by Gasteiger charge is 2.36. The summed E-state index contributed by atoms with van der Waals surface area (Å²) in [5.74, 6) is 1.21. The van der Waals surface area contributed by atoms with Crippen molar-refractivity contribution in [3.63, 3.8) is 0 Å². The highest BCUT2D eigenvalue weighted by molar-refractivity contribution is 6.32. The first-order valence-electron chi connectivity index (χ1n) is 12.2. The van der Waals surface area contributed by atoms with Crippen LogP contribution in [0.25, 0.3) is 5.69 Å². The molecular formula is C29H26ClN3O5. The van der Waals surface area contributed by atoms with Crippen molar-refractivity contribution in [3.8, 4) is 22.9 Å². The van der Waals surface area contributed by atoms with Gasteiger partial charge in [-0.1, -0.05) is 41.9 Å². The van der Waals surface area contributed by atoms with E-state index in [1.807, 2.05) is 59.5 Å². The fraction of sp³-hybridized carbons (Fsp3) is 0.207. The summed E-state index contributed by atoms with van der Waals surface area (Å²) in [6.07, 6.45) is 0.278. The van der Waals surface area contributed by atoms with Crippen LogP contribution in [-0.2, 0) is 11.3 Å². The fourth-order valence-electron chi connectivity index (χ4n) is 4.38. The number of anilines is 1. The van der Waals surface area contributed by atoms with Crippen molar-refractivity contribution >= 4 is 29.0 Å². The highest BCUT2D eigenvalue weighted by Crippen LogP contribution is 2.37. The minimum Gasteiger partial charge on any atom is -0.497 e. The maximum atomic E-state index is 13.3. The van der Waals surface area contributed by atoms with E-state index < -0.39 is 5.97 Å². The van der Waals surface area contributed by atoms with Crippen LogP contribution in [0, 0.1) is 0 Å².